The molecule has 4 nitrogen and oxygen atoms in total. The van der Waals surface area contributed by atoms with Crippen molar-refractivity contribution < 1.29 is 17.9 Å². The molecular weight excluding hydrogens is 398 g/mol. The van der Waals surface area contributed by atoms with E-state index in [1.54, 1.807) is 0 Å². The highest BCUT2D eigenvalue weighted by atomic mass is 127. The Kier molecular flexibility index (Phi) is 6.56. The molecule has 3 N–H and O–H groups in total. The zero-order valence-corrected chi connectivity index (χ0v) is 13.5. The Hall–Kier alpha value is -1.19. The number of guanidine groups is 1. The lowest BCUT2D eigenvalue weighted by molar-refractivity contribution is -0.132. The third kappa shape index (κ3) is 5.60. The predicted octanol–water partition coefficient (Wildman–Crippen LogP) is 2.98. The van der Waals surface area contributed by atoms with Crippen LogP contribution in [-0.4, -0.2) is 25.3 Å². The number of nitrogens with zero attached hydrogens (tertiary/aromatic N) is 1. The number of ether oxygens (including phenoxy) is 1. The number of fused-ring (bicyclic) bond motifs is 1. The molecule has 1 aliphatic rings. The van der Waals surface area contributed by atoms with Crippen LogP contribution in [0.1, 0.15) is 24.4 Å². The molecule has 0 amide bonds. The molecule has 0 aliphatic carbocycles. The first-order valence-corrected chi connectivity index (χ1v) is 6.30. The summed E-state index contributed by atoms with van der Waals surface area (Å²) in [5.41, 5.74) is 6.56. The molecule has 1 atom stereocenters. The molecule has 118 valence electrons. The van der Waals surface area contributed by atoms with Crippen LogP contribution < -0.4 is 15.8 Å². The lowest BCUT2D eigenvalue weighted by Gasteiger charge is -2.26. The van der Waals surface area contributed by atoms with Crippen LogP contribution in [-0.2, 0) is 0 Å². The molecule has 0 saturated heterocycles. The Balaban J connectivity index is 0.00000220. The number of nitrogens with two attached hydrogens (primary N) is 1. The molecule has 0 spiro atoms. The van der Waals surface area contributed by atoms with Crippen LogP contribution in [0.5, 0.6) is 5.75 Å². The minimum Gasteiger partial charge on any atom is -0.493 e. The minimum atomic E-state index is -4.21. The normalized spacial score (nSPS) is 18.2. The molecule has 8 heteroatoms. The van der Waals surface area contributed by atoms with Crippen molar-refractivity contribution in [2.75, 3.05) is 13.2 Å². The van der Waals surface area contributed by atoms with E-state index in [4.69, 9.17) is 10.5 Å². The summed E-state index contributed by atoms with van der Waals surface area (Å²) in [6, 6.07) is 7.39. The fourth-order valence-electron chi connectivity index (χ4n) is 2.02. The Morgan fingerprint density at radius 1 is 1.38 bits per heavy atom. The summed E-state index contributed by atoms with van der Waals surface area (Å²) in [7, 11) is 0. The maximum absolute atomic E-state index is 12.0. The van der Waals surface area contributed by atoms with Gasteiger partial charge in [0.15, 0.2) is 5.96 Å². The second-order valence-corrected chi connectivity index (χ2v) is 4.50. The third-order valence-electron chi connectivity index (χ3n) is 2.96. The van der Waals surface area contributed by atoms with E-state index in [0.717, 1.165) is 11.3 Å². The monoisotopic (exact) mass is 415 g/mol. The van der Waals surface area contributed by atoms with E-state index in [1.165, 1.54) is 0 Å². The van der Waals surface area contributed by atoms with Crippen molar-refractivity contribution in [1.29, 1.82) is 0 Å². The number of aliphatic imine (C=N–C) groups is 1. The Bertz CT molecular complexity index is 494. The molecule has 2 rings (SSSR count). The Labute approximate surface area is 138 Å². The van der Waals surface area contributed by atoms with Crippen molar-refractivity contribution in [3.8, 4) is 5.75 Å². The first-order chi connectivity index (χ1) is 9.46. The van der Waals surface area contributed by atoms with E-state index in [9.17, 15) is 13.2 Å². The van der Waals surface area contributed by atoms with E-state index >= 15 is 0 Å². The van der Waals surface area contributed by atoms with Gasteiger partial charge >= 0.3 is 6.18 Å². The quantitative estimate of drug-likeness (QED) is 0.454. The molecule has 0 aromatic heterocycles. The molecule has 21 heavy (non-hydrogen) atoms. The first kappa shape index (κ1) is 17.9. The number of hydrogen-bond donors (Lipinski definition) is 2. The SMILES string of the molecule is I.NC(=NCCC(F)(F)F)NC1CCOc2ccccc21. The number of nitrogens with one attached hydrogen (secondary N) is 1. The van der Waals surface area contributed by atoms with Crippen molar-refractivity contribution in [2.24, 2.45) is 10.7 Å². The summed E-state index contributed by atoms with van der Waals surface area (Å²) in [6.45, 7) is 0.164. The molecule has 1 aromatic carbocycles. The molecule has 0 fully saturated rings. The average molecular weight is 415 g/mol. The maximum Gasteiger partial charge on any atom is 0.390 e. The molecule has 1 unspecified atom stereocenters. The smallest absolute Gasteiger partial charge is 0.390 e. The summed E-state index contributed by atoms with van der Waals surface area (Å²) in [5.74, 6) is 0.787. The number of benzene rings is 1. The number of para-hydroxylation sites is 1. The van der Waals surface area contributed by atoms with Crippen LogP contribution in [0.25, 0.3) is 0 Å². The standard InChI is InChI=1S/C13H16F3N3O.HI/c14-13(15,16)6-7-18-12(17)19-10-5-8-20-11-4-2-1-3-9(10)11;/h1-4,10H,5-8H2,(H3,17,18,19);1H. The number of hydrogen-bond acceptors (Lipinski definition) is 2. The third-order valence-corrected chi connectivity index (χ3v) is 2.96. The largest absolute Gasteiger partial charge is 0.493 e. The molecule has 1 aliphatic heterocycles. The van der Waals surface area contributed by atoms with E-state index in [2.05, 4.69) is 10.3 Å². The van der Waals surface area contributed by atoms with Crippen LogP contribution in [0.4, 0.5) is 13.2 Å². The molecule has 1 heterocycles. The maximum atomic E-state index is 12.0. The van der Waals surface area contributed by atoms with Crippen molar-refractivity contribution in [2.45, 2.75) is 25.1 Å². The van der Waals surface area contributed by atoms with Gasteiger partial charge in [-0.2, -0.15) is 13.2 Å². The summed E-state index contributed by atoms with van der Waals surface area (Å²) in [4.78, 5) is 3.70. The Morgan fingerprint density at radius 3 is 2.81 bits per heavy atom. The topological polar surface area (TPSA) is 59.6 Å². The average Bonchev–Trinajstić information content (AvgIpc) is 2.37. The van der Waals surface area contributed by atoms with Gasteiger partial charge in [-0.15, -0.1) is 24.0 Å². The van der Waals surface area contributed by atoms with Gasteiger partial charge in [-0.05, 0) is 6.07 Å². The fourth-order valence-corrected chi connectivity index (χ4v) is 2.02. The van der Waals surface area contributed by atoms with Gasteiger partial charge in [0, 0.05) is 12.0 Å². The molecular formula is C13H17F3IN3O. The van der Waals surface area contributed by atoms with Crippen LogP contribution >= 0.6 is 24.0 Å². The van der Waals surface area contributed by atoms with Crippen LogP contribution in [0.2, 0.25) is 0 Å². The van der Waals surface area contributed by atoms with Crippen LogP contribution in [0, 0.1) is 0 Å². The molecule has 0 saturated carbocycles. The zero-order valence-electron chi connectivity index (χ0n) is 11.2. The van der Waals surface area contributed by atoms with Crippen molar-refractivity contribution in [3.63, 3.8) is 0 Å². The highest BCUT2D eigenvalue weighted by Crippen LogP contribution is 2.31. The van der Waals surface area contributed by atoms with Crippen LogP contribution in [0.3, 0.4) is 0 Å². The zero-order chi connectivity index (χ0) is 14.6. The molecule has 0 radical (unpaired) electrons. The van der Waals surface area contributed by atoms with Gasteiger partial charge in [0.1, 0.15) is 5.75 Å². The van der Waals surface area contributed by atoms with Gasteiger partial charge in [0.05, 0.1) is 25.6 Å². The second kappa shape index (κ2) is 7.71. The number of halogens is 4. The number of alkyl halides is 3. The molecule has 1 aromatic rings. The lowest BCUT2D eigenvalue weighted by atomic mass is 10.0. The predicted molar refractivity (Wildman–Crippen MR) is 85.0 cm³/mol. The lowest BCUT2D eigenvalue weighted by Crippen LogP contribution is -2.37. The molecule has 0 bridgehead atoms. The summed E-state index contributed by atoms with van der Waals surface area (Å²) in [5, 5.41) is 2.94. The van der Waals surface area contributed by atoms with Crippen molar-refractivity contribution in [1.82, 2.24) is 5.32 Å². The van der Waals surface area contributed by atoms with E-state index in [-0.39, 0.29) is 42.5 Å². The van der Waals surface area contributed by atoms with Gasteiger partial charge < -0.3 is 15.8 Å². The van der Waals surface area contributed by atoms with E-state index in [1.807, 2.05) is 24.3 Å². The highest BCUT2D eigenvalue weighted by molar-refractivity contribution is 14.0. The van der Waals surface area contributed by atoms with Crippen LogP contribution in [0.15, 0.2) is 29.3 Å². The summed E-state index contributed by atoms with van der Waals surface area (Å²) in [6.07, 6.45) is -4.50. The van der Waals surface area contributed by atoms with Crippen molar-refractivity contribution >= 4 is 29.9 Å². The van der Waals surface area contributed by atoms with Gasteiger partial charge in [-0.1, -0.05) is 18.2 Å². The second-order valence-electron chi connectivity index (χ2n) is 4.50. The fraction of sp³-hybridized carbons (Fsp3) is 0.462. The van der Waals surface area contributed by atoms with E-state index < -0.39 is 12.6 Å². The van der Waals surface area contributed by atoms with Gasteiger partial charge in [0.2, 0.25) is 0 Å². The van der Waals surface area contributed by atoms with Gasteiger partial charge in [0.25, 0.3) is 0 Å². The number of rotatable bonds is 3. The van der Waals surface area contributed by atoms with Gasteiger partial charge in [-0.3, -0.25) is 4.99 Å². The van der Waals surface area contributed by atoms with Crippen molar-refractivity contribution in [3.05, 3.63) is 29.8 Å². The first-order valence-electron chi connectivity index (χ1n) is 6.30. The minimum absolute atomic E-state index is 0. The highest BCUT2D eigenvalue weighted by Gasteiger charge is 2.26. The Morgan fingerprint density at radius 2 is 2.10 bits per heavy atom. The summed E-state index contributed by atoms with van der Waals surface area (Å²) >= 11 is 0. The van der Waals surface area contributed by atoms with Gasteiger partial charge in [-0.25, -0.2) is 0 Å². The summed E-state index contributed by atoms with van der Waals surface area (Å²) < 4.78 is 41.5. The van der Waals surface area contributed by atoms with E-state index in [0.29, 0.717) is 13.0 Å².